The van der Waals surface area contributed by atoms with Crippen molar-refractivity contribution < 1.29 is 18.0 Å². The fourth-order valence-corrected chi connectivity index (χ4v) is 3.13. The van der Waals surface area contributed by atoms with Gasteiger partial charge in [-0.3, -0.25) is 9.59 Å². The first-order chi connectivity index (χ1) is 12.5. The number of hydrogen-bond donors (Lipinski definition) is 2. The lowest BCUT2D eigenvalue weighted by Crippen LogP contribution is -2.23. The van der Waals surface area contributed by atoms with Gasteiger partial charge >= 0.3 is 6.18 Å². The summed E-state index contributed by atoms with van der Waals surface area (Å²) in [5, 5.41) is 1.52. The third kappa shape index (κ3) is 5.74. The van der Waals surface area contributed by atoms with Crippen LogP contribution in [0.2, 0.25) is 5.02 Å². The predicted molar refractivity (Wildman–Crippen MR) is 99.3 cm³/mol. The number of nitrogens with zero attached hydrogens (tertiary/aromatic N) is 1. The number of halogens is 4. The molecule has 0 fully saturated rings. The first-order valence-electron chi connectivity index (χ1n) is 7.93. The number of nitrogens with one attached hydrogen (secondary N) is 2. The molecule has 0 bridgehead atoms. The summed E-state index contributed by atoms with van der Waals surface area (Å²) in [7, 11) is 0. The van der Waals surface area contributed by atoms with Crippen molar-refractivity contribution in [2.45, 2.75) is 43.3 Å². The lowest BCUT2D eigenvalue weighted by molar-refractivity contribution is -0.137. The van der Waals surface area contributed by atoms with Gasteiger partial charge in [0.15, 0.2) is 5.16 Å². The molecule has 0 aliphatic rings. The summed E-state index contributed by atoms with van der Waals surface area (Å²) in [6.45, 7) is 5.32. The molecule has 10 heteroatoms. The lowest BCUT2D eigenvalue weighted by atomic mass is 10.1. The van der Waals surface area contributed by atoms with E-state index in [4.69, 9.17) is 11.6 Å². The van der Waals surface area contributed by atoms with Gasteiger partial charge in [-0.25, -0.2) is 4.98 Å². The van der Waals surface area contributed by atoms with Gasteiger partial charge in [0.2, 0.25) is 5.91 Å². The topological polar surface area (TPSA) is 74.8 Å². The minimum atomic E-state index is -4.63. The Labute approximate surface area is 162 Å². The van der Waals surface area contributed by atoms with Crippen LogP contribution < -0.4 is 10.9 Å². The van der Waals surface area contributed by atoms with Gasteiger partial charge < -0.3 is 10.3 Å². The van der Waals surface area contributed by atoms with E-state index in [9.17, 15) is 22.8 Å². The summed E-state index contributed by atoms with van der Waals surface area (Å²) in [5.74, 6) is -0.501. The van der Waals surface area contributed by atoms with Crippen molar-refractivity contribution in [2.24, 2.45) is 0 Å². The Hall–Kier alpha value is -2.00. The number of rotatable bonds is 5. The molecule has 2 aromatic rings. The summed E-state index contributed by atoms with van der Waals surface area (Å²) < 4.78 is 38.7. The first-order valence-corrected chi connectivity index (χ1v) is 9.18. The van der Waals surface area contributed by atoms with E-state index in [0.717, 1.165) is 23.9 Å². The molecule has 0 saturated carbocycles. The van der Waals surface area contributed by atoms with E-state index in [0.29, 0.717) is 5.69 Å². The number of aromatic nitrogens is 2. The number of anilines is 1. The Morgan fingerprint density at radius 3 is 2.52 bits per heavy atom. The quantitative estimate of drug-likeness (QED) is 0.545. The third-order valence-corrected chi connectivity index (χ3v) is 4.84. The molecule has 2 N–H and O–H groups in total. The van der Waals surface area contributed by atoms with Crippen LogP contribution in [0.5, 0.6) is 0 Å². The molecule has 1 aromatic carbocycles. The SMILES string of the molecule is CC(Sc1nc(C(C)C)cc(=O)[nH]1)C(=O)Nc1ccc(Cl)c(C(F)(F)F)c1. The standard InChI is InChI=1S/C17H17ClF3N3O2S/c1-8(2)13-7-14(25)24-16(23-13)27-9(3)15(26)22-10-4-5-12(18)11(6-10)17(19,20)21/h4-9H,1-3H3,(H,22,26)(H,23,24,25). The van der Waals surface area contributed by atoms with Crippen LogP contribution in [0.1, 0.15) is 37.9 Å². The van der Waals surface area contributed by atoms with Crippen molar-refractivity contribution in [3.05, 3.63) is 50.9 Å². The largest absolute Gasteiger partial charge is 0.417 e. The Kier molecular flexibility index (Phi) is 6.59. The van der Waals surface area contributed by atoms with Gasteiger partial charge in [0.25, 0.3) is 5.56 Å². The number of benzene rings is 1. The van der Waals surface area contributed by atoms with Gasteiger partial charge in [0.1, 0.15) is 0 Å². The second-order valence-corrected chi connectivity index (χ2v) is 7.81. The van der Waals surface area contributed by atoms with Crippen LogP contribution in [0.15, 0.2) is 34.2 Å². The molecule has 1 unspecified atom stereocenters. The van der Waals surface area contributed by atoms with Gasteiger partial charge in [0.05, 0.1) is 21.5 Å². The molecule has 1 amide bonds. The normalized spacial score (nSPS) is 12.9. The number of carbonyl (C=O) groups excluding carboxylic acids is 1. The van der Waals surface area contributed by atoms with Gasteiger partial charge in [-0.15, -0.1) is 0 Å². The highest BCUT2D eigenvalue weighted by Crippen LogP contribution is 2.36. The van der Waals surface area contributed by atoms with Crippen molar-refractivity contribution >= 4 is 35.0 Å². The minimum Gasteiger partial charge on any atom is -0.325 e. The van der Waals surface area contributed by atoms with E-state index in [1.165, 1.54) is 12.1 Å². The summed E-state index contributed by atoms with van der Waals surface area (Å²) >= 11 is 6.57. The number of carbonyl (C=O) groups is 1. The Morgan fingerprint density at radius 2 is 1.93 bits per heavy atom. The molecule has 0 radical (unpaired) electrons. The lowest BCUT2D eigenvalue weighted by Gasteiger charge is -2.14. The third-order valence-electron chi connectivity index (χ3n) is 3.53. The highest BCUT2D eigenvalue weighted by Gasteiger charge is 2.33. The molecule has 1 heterocycles. The number of hydrogen-bond acceptors (Lipinski definition) is 4. The second kappa shape index (κ2) is 8.35. The fraction of sp³-hybridized carbons (Fsp3) is 0.353. The maximum Gasteiger partial charge on any atom is 0.417 e. The van der Waals surface area contributed by atoms with Gasteiger partial charge in [0, 0.05) is 11.8 Å². The Balaban J connectivity index is 2.14. The van der Waals surface area contributed by atoms with Crippen molar-refractivity contribution in [1.82, 2.24) is 9.97 Å². The molecule has 2 rings (SSSR count). The summed E-state index contributed by atoms with van der Waals surface area (Å²) in [5.41, 5.74) is -0.808. The molecule has 0 spiro atoms. The van der Waals surface area contributed by atoms with Crippen molar-refractivity contribution in [1.29, 1.82) is 0 Å². The van der Waals surface area contributed by atoms with E-state index in [-0.39, 0.29) is 22.3 Å². The van der Waals surface area contributed by atoms with Gasteiger partial charge in [-0.1, -0.05) is 37.2 Å². The first kappa shape index (κ1) is 21.3. The monoisotopic (exact) mass is 419 g/mol. The van der Waals surface area contributed by atoms with Gasteiger partial charge in [-0.05, 0) is 31.0 Å². The molecule has 1 atom stereocenters. The van der Waals surface area contributed by atoms with Crippen LogP contribution in [0.25, 0.3) is 0 Å². The number of amides is 1. The van der Waals surface area contributed by atoms with Crippen LogP contribution in [-0.2, 0) is 11.0 Å². The molecule has 146 valence electrons. The van der Waals surface area contributed by atoms with Gasteiger partial charge in [-0.2, -0.15) is 13.2 Å². The van der Waals surface area contributed by atoms with Crippen molar-refractivity contribution in [3.8, 4) is 0 Å². The van der Waals surface area contributed by atoms with Crippen molar-refractivity contribution in [2.75, 3.05) is 5.32 Å². The molecular formula is C17H17ClF3N3O2S. The zero-order chi connectivity index (χ0) is 20.4. The van der Waals surface area contributed by atoms with E-state index < -0.39 is 27.9 Å². The zero-order valence-corrected chi connectivity index (χ0v) is 16.2. The smallest absolute Gasteiger partial charge is 0.325 e. The van der Waals surface area contributed by atoms with E-state index in [1.54, 1.807) is 6.92 Å². The van der Waals surface area contributed by atoms with Crippen LogP contribution in [0.4, 0.5) is 18.9 Å². The maximum absolute atomic E-state index is 12.9. The Bertz CT molecular complexity index is 900. The average Bonchev–Trinajstić information content (AvgIpc) is 2.54. The zero-order valence-electron chi connectivity index (χ0n) is 14.6. The van der Waals surface area contributed by atoms with E-state index in [2.05, 4.69) is 15.3 Å². The minimum absolute atomic E-state index is 0.0263. The number of alkyl halides is 3. The van der Waals surface area contributed by atoms with Crippen LogP contribution in [-0.4, -0.2) is 21.1 Å². The molecular weight excluding hydrogens is 403 g/mol. The average molecular weight is 420 g/mol. The fourth-order valence-electron chi connectivity index (χ4n) is 2.09. The van der Waals surface area contributed by atoms with Crippen LogP contribution in [0.3, 0.4) is 0 Å². The molecule has 0 saturated heterocycles. The number of H-pyrrole nitrogens is 1. The van der Waals surface area contributed by atoms with E-state index in [1.807, 2.05) is 13.8 Å². The predicted octanol–water partition coefficient (Wildman–Crippen LogP) is 4.68. The molecule has 0 aliphatic carbocycles. The summed E-state index contributed by atoms with van der Waals surface area (Å²) in [6, 6.07) is 4.51. The van der Waals surface area contributed by atoms with Crippen LogP contribution in [0, 0.1) is 0 Å². The van der Waals surface area contributed by atoms with E-state index >= 15 is 0 Å². The second-order valence-electron chi connectivity index (χ2n) is 6.07. The number of thioether (sulfide) groups is 1. The van der Waals surface area contributed by atoms with Crippen molar-refractivity contribution in [3.63, 3.8) is 0 Å². The highest BCUT2D eigenvalue weighted by molar-refractivity contribution is 8.00. The maximum atomic E-state index is 12.9. The number of aromatic amines is 1. The van der Waals surface area contributed by atoms with Crippen LogP contribution >= 0.6 is 23.4 Å². The Morgan fingerprint density at radius 1 is 1.26 bits per heavy atom. The molecule has 0 aliphatic heterocycles. The summed E-state index contributed by atoms with van der Waals surface area (Å²) in [6.07, 6.45) is -4.63. The highest BCUT2D eigenvalue weighted by atomic mass is 35.5. The molecule has 27 heavy (non-hydrogen) atoms. The summed E-state index contributed by atoms with van der Waals surface area (Å²) in [4.78, 5) is 30.8. The molecule has 1 aromatic heterocycles. The molecule has 5 nitrogen and oxygen atoms in total.